The number of rotatable bonds is 6. The van der Waals surface area contributed by atoms with E-state index in [9.17, 15) is 0 Å². The predicted octanol–water partition coefficient (Wildman–Crippen LogP) is 4.93. The van der Waals surface area contributed by atoms with Gasteiger partial charge in [-0.15, -0.1) is 11.6 Å². The second-order valence-corrected chi connectivity index (χ2v) is 5.73. The monoisotopic (exact) mass is 327 g/mol. The molecule has 0 aliphatic carbocycles. The van der Waals surface area contributed by atoms with Crippen molar-refractivity contribution < 1.29 is 0 Å². The molecule has 0 radical (unpaired) electrons. The summed E-state index contributed by atoms with van der Waals surface area (Å²) >= 11 is 18.2. The second kappa shape index (κ2) is 7.90. The van der Waals surface area contributed by atoms with Gasteiger partial charge in [-0.05, 0) is 23.6 Å². The third-order valence-corrected chi connectivity index (χ3v) is 4.35. The number of hydrogen-bond donors (Lipinski definition) is 1. The number of benzene rings is 2. The maximum Gasteiger partial charge on any atom is 0.0637 e. The van der Waals surface area contributed by atoms with Crippen molar-refractivity contribution in [1.29, 1.82) is 0 Å². The molecule has 106 valence electrons. The van der Waals surface area contributed by atoms with Gasteiger partial charge in [0.05, 0.1) is 10.0 Å². The Labute approximate surface area is 134 Å². The van der Waals surface area contributed by atoms with E-state index in [2.05, 4.69) is 17.4 Å². The fourth-order valence-corrected chi connectivity index (χ4v) is 2.62. The van der Waals surface area contributed by atoms with Crippen molar-refractivity contribution in [1.82, 2.24) is 5.32 Å². The van der Waals surface area contributed by atoms with Crippen LogP contribution < -0.4 is 5.32 Å². The highest BCUT2D eigenvalue weighted by Crippen LogP contribution is 2.25. The number of nitrogens with one attached hydrogen (secondary N) is 1. The van der Waals surface area contributed by atoms with Crippen LogP contribution in [0.4, 0.5) is 0 Å². The third kappa shape index (κ3) is 4.39. The SMILES string of the molecule is ClCC(Cc1ccccc1)NCc1cccc(Cl)c1Cl. The van der Waals surface area contributed by atoms with Crippen LogP contribution in [0.2, 0.25) is 10.0 Å². The summed E-state index contributed by atoms with van der Waals surface area (Å²) in [6.45, 7) is 0.656. The fraction of sp³-hybridized carbons (Fsp3) is 0.250. The van der Waals surface area contributed by atoms with Crippen LogP contribution in [0.5, 0.6) is 0 Å². The van der Waals surface area contributed by atoms with Gasteiger partial charge in [-0.2, -0.15) is 0 Å². The van der Waals surface area contributed by atoms with E-state index < -0.39 is 0 Å². The summed E-state index contributed by atoms with van der Waals surface area (Å²) in [6, 6.07) is 16.2. The Kier molecular flexibility index (Phi) is 6.18. The molecule has 2 aromatic carbocycles. The molecule has 0 saturated heterocycles. The lowest BCUT2D eigenvalue weighted by Crippen LogP contribution is -2.32. The molecule has 2 rings (SSSR count). The molecule has 1 unspecified atom stereocenters. The average molecular weight is 329 g/mol. The van der Waals surface area contributed by atoms with Crippen molar-refractivity contribution in [3.8, 4) is 0 Å². The highest BCUT2D eigenvalue weighted by atomic mass is 35.5. The lowest BCUT2D eigenvalue weighted by molar-refractivity contribution is 0.550. The van der Waals surface area contributed by atoms with Gasteiger partial charge >= 0.3 is 0 Å². The number of alkyl halides is 1. The minimum absolute atomic E-state index is 0.203. The van der Waals surface area contributed by atoms with E-state index in [1.54, 1.807) is 6.07 Å². The Morgan fingerprint density at radius 2 is 1.70 bits per heavy atom. The Balaban J connectivity index is 1.95. The summed E-state index contributed by atoms with van der Waals surface area (Å²) in [6.07, 6.45) is 0.891. The molecule has 4 heteroatoms. The quantitative estimate of drug-likeness (QED) is 0.741. The van der Waals surface area contributed by atoms with Gasteiger partial charge in [-0.25, -0.2) is 0 Å². The van der Waals surface area contributed by atoms with E-state index in [-0.39, 0.29) is 6.04 Å². The Morgan fingerprint density at radius 1 is 0.950 bits per heavy atom. The van der Waals surface area contributed by atoms with Gasteiger partial charge in [0.2, 0.25) is 0 Å². The minimum Gasteiger partial charge on any atom is -0.308 e. The Morgan fingerprint density at radius 3 is 2.40 bits per heavy atom. The summed E-state index contributed by atoms with van der Waals surface area (Å²) in [4.78, 5) is 0. The van der Waals surface area contributed by atoms with Gasteiger partial charge in [-0.1, -0.05) is 65.7 Å². The second-order valence-electron chi connectivity index (χ2n) is 4.63. The van der Waals surface area contributed by atoms with Gasteiger partial charge in [-0.3, -0.25) is 0 Å². The van der Waals surface area contributed by atoms with Crippen LogP contribution in [0.3, 0.4) is 0 Å². The maximum atomic E-state index is 6.18. The van der Waals surface area contributed by atoms with E-state index in [0.717, 1.165) is 12.0 Å². The smallest absolute Gasteiger partial charge is 0.0637 e. The zero-order valence-electron chi connectivity index (χ0n) is 11.0. The largest absolute Gasteiger partial charge is 0.308 e. The van der Waals surface area contributed by atoms with Crippen molar-refractivity contribution in [3.05, 3.63) is 69.7 Å². The summed E-state index contributed by atoms with van der Waals surface area (Å²) in [5.74, 6) is 0.549. The lowest BCUT2D eigenvalue weighted by atomic mass is 10.1. The topological polar surface area (TPSA) is 12.0 Å². The molecule has 0 aromatic heterocycles. The summed E-state index contributed by atoms with van der Waals surface area (Å²) in [7, 11) is 0. The fourth-order valence-electron chi connectivity index (χ4n) is 2.02. The molecule has 1 atom stereocenters. The first-order valence-electron chi connectivity index (χ1n) is 6.47. The first-order valence-corrected chi connectivity index (χ1v) is 7.76. The van der Waals surface area contributed by atoms with Gasteiger partial charge in [0.25, 0.3) is 0 Å². The molecule has 0 aliphatic heterocycles. The van der Waals surface area contributed by atoms with Crippen LogP contribution in [0.15, 0.2) is 48.5 Å². The van der Waals surface area contributed by atoms with Gasteiger partial charge in [0.15, 0.2) is 0 Å². The van der Waals surface area contributed by atoms with E-state index >= 15 is 0 Å². The van der Waals surface area contributed by atoms with E-state index in [4.69, 9.17) is 34.8 Å². The predicted molar refractivity (Wildman–Crippen MR) is 88.0 cm³/mol. The summed E-state index contributed by atoms with van der Waals surface area (Å²) < 4.78 is 0. The van der Waals surface area contributed by atoms with E-state index in [1.165, 1.54) is 5.56 Å². The first-order chi connectivity index (χ1) is 9.70. The minimum atomic E-state index is 0.203. The zero-order valence-corrected chi connectivity index (χ0v) is 13.2. The molecule has 0 bridgehead atoms. The maximum absolute atomic E-state index is 6.18. The van der Waals surface area contributed by atoms with Crippen LogP contribution in [-0.4, -0.2) is 11.9 Å². The molecule has 0 aliphatic rings. The van der Waals surface area contributed by atoms with E-state index in [0.29, 0.717) is 22.5 Å². The molecule has 0 saturated carbocycles. The van der Waals surface area contributed by atoms with Crippen molar-refractivity contribution >= 4 is 34.8 Å². The molecule has 0 heterocycles. The Hall–Kier alpha value is -0.730. The zero-order chi connectivity index (χ0) is 14.4. The van der Waals surface area contributed by atoms with Crippen LogP contribution in [-0.2, 0) is 13.0 Å². The lowest BCUT2D eigenvalue weighted by Gasteiger charge is -2.17. The van der Waals surface area contributed by atoms with Crippen molar-refractivity contribution in [2.75, 3.05) is 5.88 Å². The molecule has 0 fully saturated rings. The highest BCUT2D eigenvalue weighted by Gasteiger charge is 2.10. The van der Waals surface area contributed by atoms with E-state index in [1.807, 2.05) is 30.3 Å². The van der Waals surface area contributed by atoms with Crippen LogP contribution in [0.1, 0.15) is 11.1 Å². The molecular formula is C16H16Cl3N. The molecule has 1 nitrogen and oxygen atoms in total. The summed E-state index contributed by atoms with van der Waals surface area (Å²) in [5, 5.41) is 4.61. The van der Waals surface area contributed by atoms with Crippen LogP contribution in [0.25, 0.3) is 0 Å². The first kappa shape index (κ1) is 15.7. The third-order valence-electron chi connectivity index (χ3n) is 3.12. The standard InChI is InChI=1S/C16H16Cl3N/c17-10-14(9-12-5-2-1-3-6-12)20-11-13-7-4-8-15(18)16(13)19/h1-8,14,20H,9-11H2. The van der Waals surface area contributed by atoms with Crippen LogP contribution >= 0.6 is 34.8 Å². The summed E-state index contributed by atoms with van der Waals surface area (Å²) in [5.41, 5.74) is 2.25. The molecule has 2 aromatic rings. The normalized spacial score (nSPS) is 12.3. The molecule has 0 amide bonds. The molecular weight excluding hydrogens is 313 g/mol. The van der Waals surface area contributed by atoms with Crippen molar-refractivity contribution in [3.63, 3.8) is 0 Å². The van der Waals surface area contributed by atoms with Crippen LogP contribution in [0, 0.1) is 0 Å². The van der Waals surface area contributed by atoms with Crippen molar-refractivity contribution in [2.24, 2.45) is 0 Å². The highest BCUT2D eigenvalue weighted by molar-refractivity contribution is 6.42. The Bertz CT molecular complexity index is 543. The van der Waals surface area contributed by atoms with Gasteiger partial charge in [0.1, 0.15) is 0 Å². The van der Waals surface area contributed by atoms with Gasteiger partial charge in [0, 0.05) is 18.5 Å². The van der Waals surface area contributed by atoms with Crippen molar-refractivity contribution in [2.45, 2.75) is 19.0 Å². The van der Waals surface area contributed by atoms with Gasteiger partial charge < -0.3 is 5.32 Å². The average Bonchev–Trinajstić information content (AvgIpc) is 2.48. The number of hydrogen-bond acceptors (Lipinski definition) is 1. The molecule has 20 heavy (non-hydrogen) atoms. The molecule has 0 spiro atoms. The number of halogens is 3. The molecule has 1 N–H and O–H groups in total.